The van der Waals surface area contributed by atoms with Crippen LogP contribution in [0.2, 0.25) is 0 Å². The molecule has 180 valence electrons. The second-order valence-electron chi connectivity index (χ2n) is 10.0. The quantitative estimate of drug-likeness (QED) is 0.169. The summed E-state index contributed by atoms with van der Waals surface area (Å²) >= 11 is 2.08. The van der Waals surface area contributed by atoms with E-state index in [0.717, 1.165) is 50.7 Å². The van der Waals surface area contributed by atoms with Crippen molar-refractivity contribution >= 4 is 28.6 Å². The van der Waals surface area contributed by atoms with Crippen LogP contribution in [0.3, 0.4) is 0 Å². The second kappa shape index (κ2) is 11.5. The number of unbranched alkanes of at least 4 members (excludes halogenated alkanes) is 2. The van der Waals surface area contributed by atoms with Crippen molar-refractivity contribution in [1.29, 1.82) is 0 Å². The summed E-state index contributed by atoms with van der Waals surface area (Å²) in [6.45, 7) is 5.75. The Morgan fingerprint density at radius 3 is 2.75 bits per heavy atom. The highest BCUT2D eigenvalue weighted by atomic mass is 127. The number of carbonyl (C=O) groups is 1. The van der Waals surface area contributed by atoms with Gasteiger partial charge in [0.15, 0.2) is 10.2 Å². The van der Waals surface area contributed by atoms with Gasteiger partial charge in [0.1, 0.15) is 5.75 Å². The molecule has 6 heteroatoms. The molecule has 2 N–H and O–H groups in total. The van der Waals surface area contributed by atoms with E-state index in [-0.39, 0.29) is 30.7 Å². The SMILES string of the molecule is CCCCC[C@H](O)CC[C@@H]1[C@H]2Cc3cccc(OCC(=O)OC(C)(C)I)c3C[C@H]2C[C@H]1O. The molecule has 1 fully saturated rings. The number of ether oxygens (including phenoxy) is 2. The number of esters is 1. The van der Waals surface area contributed by atoms with Crippen molar-refractivity contribution in [3.8, 4) is 5.75 Å². The lowest BCUT2D eigenvalue weighted by Crippen LogP contribution is -2.28. The van der Waals surface area contributed by atoms with E-state index >= 15 is 0 Å². The van der Waals surface area contributed by atoms with Gasteiger partial charge in [-0.15, -0.1) is 0 Å². The lowest BCUT2D eigenvalue weighted by molar-refractivity contribution is -0.150. The average molecular weight is 558 g/mol. The highest BCUT2D eigenvalue weighted by Crippen LogP contribution is 2.48. The molecule has 0 aliphatic heterocycles. The normalized spacial score (nSPS) is 25.7. The molecule has 2 aliphatic carbocycles. The maximum Gasteiger partial charge on any atom is 0.345 e. The van der Waals surface area contributed by atoms with Crippen LogP contribution in [0.15, 0.2) is 18.2 Å². The van der Waals surface area contributed by atoms with E-state index in [4.69, 9.17) is 9.47 Å². The third-order valence-electron chi connectivity index (χ3n) is 7.02. The standard InChI is InChI=1S/C26H39IO5/c1-4-5-6-9-19(28)11-12-20-21-13-17-8-7-10-24(22(17)14-18(21)15-23(20)29)31-16-25(30)32-26(2,3)27/h7-8,10,18-21,23,28-29H,4-6,9,11-16H2,1-3H3/t18-,19-,20+,21-,23+/m0/s1. The lowest BCUT2D eigenvalue weighted by atomic mass is 9.73. The first-order chi connectivity index (χ1) is 15.2. The van der Waals surface area contributed by atoms with Crippen LogP contribution in [0.5, 0.6) is 5.75 Å². The first kappa shape index (κ1) is 25.8. The van der Waals surface area contributed by atoms with Gasteiger partial charge in [-0.3, -0.25) is 0 Å². The monoisotopic (exact) mass is 558 g/mol. The minimum absolute atomic E-state index is 0.0991. The molecule has 0 heterocycles. The predicted octanol–water partition coefficient (Wildman–Crippen LogP) is 5.21. The van der Waals surface area contributed by atoms with Gasteiger partial charge < -0.3 is 19.7 Å². The van der Waals surface area contributed by atoms with Crippen LogP contribution in [0.25, 0.3) is 0 Å². The molecular weight excluding hydrogens is 519 g/mol. The first-order valence-electron chi connectivity index (χ1n) is 12.2. The topological polar surface area (TPSA) is 76.0 Å². The van der Waals surface area contributed by atoms with Crippen molar-refractivity contribution in [3.05, 3.63) is 29.3 Å². The zero-order chi connectivity index (χ0) is 23.3. The van der Waals surface area contributed by atoms with Crippen LogP contribution < -0.4 is 4.74 Å². The van der Waals surface area contributed by atoms with Crippen LogP contribution in [-0.4, -0.2) is 38.6 Å². The van der Waals surface area contributed by atoms with E-state index in [2.05, 4.69) is 35.6 Å². The summed E-state index contributed by atoms with van der Waals surface area (Å²) in [4.78, 5) is 12.1. The molecule has 0 spiro atoms. The number of halogens is 1. The molecule has 0 bridgehead atoms. The highest BCUT2D eigenvalue weighted by molar-refractivity contribution is 14.1. The van der Waals surface area contributed by atoms with Crippen LogP contribution in [-0.2, 0) is 22.4 Å². The summed E-state index contributed by atoms with van der Waals surface area (Å²) in [6, 6.07) is 6.06. The van der Waals surface area contributed by atoms with Crippen molar-refractivity contribution in [1.82, 2.24) is 0 Å². The number of aliphatic hydroxyl groups is 2. The minimum Gasteiger partial charge on any atom is -0.482 e. The van der Waals surface area contributed by atoms with Crippen LogP contribution >= 0.6 is 22.6 Å². The van der Waals surface area contributed by atoms with Gasteiger partial charge in [0.05, 0.1) is 12.2 Å². The molecule has 1 aromatic carbocycles. The Labute approximate surface area is 206 Å². The Hall–Kier alpha value is -0.860. The molecule has 5 nitrogen and oxygen atoms in total. The zero-order valence-corrected chi connectivity index (χ0v) is 21.8. The van der Waals surface area contributed by atoms with E-state index < -0.39 is 3.61 Å². The second-order valence-corrected chi connectivity index (χ2v) is 12.6. The number of alkyl halides is 1. The largest absolute Gasteiger partial charge is 0.482 e. The van der Waals surface area contributed by atoms with Crippen LogP contribution in [0, 0.1) is 17.8 Å². The molecular formula is C26H39IO5. The molecule has 5 atom stereocenters. The Morgan fingerprint density at radius 1 is 1.25 bits per heavy atom. The Kier molecular flexibility index (Phi) is 9.27. The molecule has 0 radical (unpaired) electrons. The summed E-state index contributed by atoms with van der Waals surface area (Å²) in [6.07, 6.45) is 8.00. The minimum atomic E-state index is -0.555. The summed E-state index contributed by atoms with van der Waals surface area (Å²) in [5.74, 6) is 1.50. The number of fused-ring (bicyclic) bond motifs is 2. The number of hydrogen-bond donors (Lipinski definition) is 2. The van der Waals surface area contributed by atoms with Gasteiger partial charge in [0, 0.05) is 0 Å². The maximum atomic E-state index is 12.1. The van der Waals surface area contributed by atoms with Crippen LogP contribution in [0.1, 0.15) is 76.8 Å². The molecule has 1 saturated carbocycles. The average Bonchev–Trinajstić information content (AvgIpc) is 3.02. The molecule has 2 aliphatic rings. The van der Waals surface area contributed by atoms with Crippen molar-refractivity contribution in [2.24, 2.45) is 17.8 Å². The number of hydrogen-bond acceptors (Lipinski definition) is 5. The first-order valence-corrected chi connectivity index (χ1v) is 13.3. The third kappa shape index (κ3) is 7.07. The molecule has 1 aromatic rings. The fourth-order valence-electron chi connectivity index (χ4n) is 5.54. The van der Waals surface area contributed by atoms with Gasteiger partial charge in [0.2, 0.25) is 0 Å². The van der Waals surface area contributed by atoms with Gasteiger partial charge in [-0.2, -0.15) is 0 Å². The van der Waals surface area contributed by atoms with Gasteiger partial charge in [-0.25, -0.2) is 4.79 Å². The summed E-state index contributed by atoms with van der Waals surface area (Å²) in [5, 5.41) is 21.2. The van der Waals surface area contributed by atoms with E-state index in [1.165, 1.54) is 24.0 Å². The van der Waals surface area contributed by atoms with E-state index in [1.807, 2.05) is 26.0 Å². The number of aliphatic hydroxyl groups excluding tert-OH is 2. The lowest BCUT2D eigenvalue weighted by Gasteiger charge is -2.32. The fourth-order valence-corrected chi connectivity index (χ4v) is 5.78. The van der Waals surface area contributed by atoms with Crippen LogP contribution in [0.4, 0.5) is 0 Å². The Morgan fingerprint density at radius 2 is 2.03 bits per heavy atom. The van der Waals surface area contributed by atoms with Crippen molar-refractivity contribution in [2.75, 3.05) is 6.61 Å². The zero-order valence-electron chi connectivity index (χ0n) is 19.7. The van der Waals surface area contributed by atoms with Crippen molar-refractivity contribution in [3.63, 3.8) is 0 Å². The third-order valence-corrected chi connectivity index (χ3v) is 7.24. The number of carbonyl (C=O) groups excluding carboxylic acids is 1. The molecule has 0 amide bonds. The van der Waals surface area contributed by atoms with Gasteiger partial charge in [-0.1, -0.05) is 38.3 Å². The highest BCUT2D eigenvalue weighted by Gasteiger charge is 2.44. The van der Waals surface area contributed by atoms with Crippen molar-refractivity contribution in [2.45, 2.75) is 94.4 Å². The van der Waals surface area contributed by atoms with Gasteiger partial charge >= 0.3 is 5.97 Å². The van der Waals surface area contributed by atoms with Crippen molar-refractivity contribution < 1.29 is 24.5 Å². The van der Waals surface area contributed by atoms with Gasteiger partial charge in [-0.05, 0) is 110 Å². The molecule has 0 unspecified atom stereocenters. The van der Waals surface area contributed by atoms with E-state index in [9.17, 15) is 15.0 Å². The predicted molar refractivity (Wildman–Crippen MR) is 134 cm³/mol. The molecule has 0 aromatic heterocycles. The van der Waals surface area contributed by atoms with E-state index in [0.29, 0.717) is 11.8 Å². The maximum absolute atomic E-state index is 12.1. The Bertz CT molecular complexity index is 759. The summed E-state index contributed by atoms with van der Waals surface area (Å²) in [5.41, 5.74) is 2.43. The summed E-state index contributed by atoms with van der Waals surface area (Å²) in [7, 11) is 0. The molecule has 3 rings (SSSR count). The molecule has 0 saturated heterocycles. The summed E-state index contributed by atoms with van der Waals surface area (Å²) < 4.78 is 10.7. The smallest absolute Gasteiger partial charge is 0.345 e. The van der Waals surface area contributed by atoms with Gasteiger partial charge in [0.25, 0.3) is 0 Å². The number of rotatable bonds is 11. The number of benzene rings is 1. The molecule has 32 heavy (non-hydrogen) atoms. The Balaban J connectivity index is 1.60. The fraction of sp³-hybridized carbons (Fsp3) is 0.731. The van der Waals surface area contributed by atoms with E-state index in [1.54, 1.807) is 0 Å².